The zero-order valence-electron chi connectivity index (χ0n) is 8.88. The molecule has 1 aromatic carbocycles. The highest BCUT2D eigenvalue weighted by molar-refractivity contribution is 5.22. The maximum absolute atomic E-state index is 13.6. The van der Waals surface area contributed by atoms with Gasteiger partial charge < -0.3 is 10.3 Å². The second kappa shape index (κ2) is 4.90. The molecule has 0 aliphatic heterocycles. The summed E-state index contributed by atoms with van der Waals surface area (Å²) in [6, 6.07) is 6.76. The summed E-state index contributed by atoms with van der Waals surface area (Å²) in [6.45, 7) is 1.07. The highest BCUT2D eigenvalue weighted by atomic mass is 19.1. The minimum atomic E-state index is -0.196. The first-order chi connectivity index (χ1) is 7.81. The van der Waals surface area contributed by atoms with Gasteiger partial charge in [-0.05, 0) is 11.6 Å². The third kappa shape index (κ3) is 2.28. The fraction of sp³-hybridized carbons (Fsp3) is 0.250. The Bertz CT molecular complexity index is 439. The number of aromatic nitrogens is 2. The number of nitrogens with zero attached hydrogens (tertiary/aromatic N) is 2. The first-order valence-electron chi connectivity index (χ1n) is 5.21. The molecular weight excluding hydrogens is 205 g/mol. The SMILES string of the molecule is NCC(Cn1ccnc1)c1ccccc1F. The van der Waals surface area contributed by atoms with Gasteiger partial charge in [0.1, 0.15) is 5.82 Å². The van der Waals surface area contributed by atoms with Crippen LogP contribution in [0.15, 0.2) is 43.0 Å². The van der Waals surface area contributed by atoms with Crippen LogP contribution in [0.1, 0.15) is 11.5 Å². The van der Waals surface area contributed by atoms with Crippen LogP contribution in [-0.4, -0.2) is 16.1 Å². The third-order valence-corrected chi connectivity index (χ3v) is 2.62. The van der Waals surface area contributed by atoms with E-state index in [1.165, 1.54) is 6.07 Å². The second-order valence-corrected chi connectivity index (χ2v) is 3.71. The van der Waals surface area contributed by atoms with E-state index in [1.807, 2.05) is 16.8 Å². The normalized spacial score (nSPS) is 12.6. The van der Waals surface area contributed by atoms with Crippen molar-refractivity contribution < 1.29 is 4.39 Å². The first-order valence-corrected chi connectivity index (χ1v) is 5.21. The lowest BCUT2D eigenvalue weighted by molar-refractivity contribution is 0.525. The van der Waals surface area contributed by atoms with Crippen molar-refractivity contribution in [3.05, 3.63) is 54.4 Å². The van der Waals surface area contributed by atoms with Gasteiger partial charge in [0.25, 0.3) is 0 Å². The molecule has 1 aromatic heterocycles. The van der Waals surface area contributed by atoms with Gasteiger partial charge in [-0.15, -0.1) is 0 Å². The van der Waals surface area contributed by atoms with Crippen molar-refractivity contribution in [2.24, 2.45) is 5.73 Å². The average Bonchev–Trinajstić information content (AvgIpc) is 2.80. The Labute approximate surface area is 93.7 Å². The predicted octanol–water partition coefficient (Wildman–Crippen LogP) is 1.76. The smallest absolute Gasteiger partial charge is 0.126 e. The fourth-order valence-corrected chi connectivity index (χ4v) is 1.76. The van der Waals surface area contributed by atoms with E-state index in [0.29, 0.717) is 18.7 Å². The quantitative estimate of drug-likeness (QED) is 0.851. The van der Waals surface area contributed by atoms with Gasteiger partial charge >= 0.3 is 0 Å². The Hall–Kier alpha value is -1.68. The maximum Gasteiger partial charge on any atom is 0.126 e. The monoisotopic (exact) mass is 219 g/mol. The van der Waals surface area contributed by atoms with Crippen LogP contribution in [0.4, 0.5) is 4.39 Å². The molecule has 0 saturated carbocycles. The van der Waals surface area contributed by atoms with E-state index in [9.17, 15) is 4.39 Å². The summed E-state index contributed by atoms with van der Waals surface area (Å²) in [5.41, 5.74) is 6.36. The Morgan fingerprint density at radius 1 is 1.38 bits per heavy atom. The number of rotatable bonds is 4. The number of halogens is 1. The van der Waals surface area contributed by atoms with Gasteiger partial charge in [0.05, 0.1) is 6.33 Å². The third-order valence-electron chi connectivity index (χ3n) is 2.62. The lowest BCUT2D eigenvalue weighted by Gasteiger charge is -2.16. The molecular formula is C12H14FN3. The zero-order chi connectivity index (χ0) is 11.4. The molecule has 0 spiro atoms. The molecule has 0 radical (unpaired) electrons. The molecule has 1 heterocycles. The van der Waals surface area contributed by atoms with Crippen molar-refractivity contribution in [3.63, 3.8) is 0 Å². The maximum atomic E-state index is 13.6. The van der Waals surface area contributed by atoms with Crippen LogP contribution in [-0.2, 0) is 6.54 Å². The summed E-state index contributed by atoms with van der Waals surface area (Å²) in [5.74, 6) is -0.214. The molecule has 84 valence electrons. The van der Waals surface area contributed by atoms with E-state index in [4.69, 9.17) is 5.73 Å². The molecule has 3 nitrogen and oxygen atoms in total. The van der Waals surface area contributed by atoms with Crippen molar-refractivity contribution in [2.45, 2.75) is 12.5 Å². The largest absolute Gasteiger partial charge is 0.337 e. The van der Waals surface area contributed by atoms with Gasteiger partial charge in [-0.3, -0.25) is 0 Å². The number of imidazole rings is 1. The molecule has 2 N–H and O–H groups in total. The van der Waals surface area contributed by atoms with E-state index in [1.54, 1.807) is 24.7 Å². The lowest BCUT2D eigenvalue weighted by Crippen LogP contribution is -2.18. The average molecular weight is 219 g/mol. The van der Waals surface area contributed by atoms with Gasteiger partial charge in [0, 0.05) is 31.4 Å². The molecule has 4 heteroatoms. The molecule has 0 amide bonds. The predicted molar refractivity (Wildman–Crippen MR) is 60.4 cm³/mol. The van der Waals surface area contributed by atoms with Gasteiger partial charge in [-0.1, -0.05) is 18.2 Å². The van der Waals surface area contributed by atoms with Crippen LogP contribution in [0, 0.1) is 5.82 Å². The van der Waals surface area contributed by atoms with Crippen LogP contribution < -0.4 is 5.73 Å². The van der Waals surface area contributed by atoms with E-state index in [-0.39, 0.29) is 11.7 Å². The minimum absolute atomic E-state index is 0.0181. The summed E-state index contributed by atoms with van der Waals surface area (Å²) in [5, 5.41) is 0. The Kier molecular flexibility index (Phi) is 3.31. The highest BCUT2D eigenvalue weighted by Gasteiger charge is 2.13. The Morgan fingerprint density at radius 3 is 2.81 bits per heavy atom. The molecule has 2 aromatic rings. The van der Waals surface area contributed by atoms with Crippen molar-refractivity contribution in [1.29, 1.82) is 0 Å². The molecule has 0 aliphatic carbocycles. The van der Waals surface area contributed by atoms with Crippen LogP contribution in [0.2, 0.25) is 0 Å². The van der Waals surface area contributed by atoms with Crippen LogP contribution in [0.5, 0.6) is 0 Å². The van der Waals surface area contributed by atoms with Crippen molar-refractivity contribution in [1.82, 2.24) is 9.55 Å². The van der Waals surface area contributed by atoms with Gasteiger partial charge in [-0.2, -0.15) is 0 Å². The number of nitrogens with two attached hydrogens (primary N) is 1. The second-order valence-electron chi connectivity index (χ2n) is 3.71. The number of hydrogen-bond acceptors (Lipinski definition) is 2. The summed E-state index contributed by atoms with van der Waals surface area (Å²) < 4.78 is 15.5. The molecule has 1 unspecified atom stereocenters. The summed E-state index contributed by atoms with van der Waals surface area (Å²) >= 11 is 0. The molecule has 0 aliphatic rings. The molecule has 16 heavy (non-hydrogen) atoms. The van der Waals surface area contributed by atoms with Gasteiger partial charge in [-0.25, -0.2) is 9.37 Å². The lowest BCUT2D eigenvalue weighted by atomic mass is 9.98. The standard InChI is InChI=1S/C12H14FN3/c13-12-4-2-1-3-11(12)10(7-14)8-16-6-5-15-9-16/h1-6,9-10H,7-8,14H2. The van der Waals surface area contributed by atoms with Crippen LogP contribution in [0.25, 0.3) is 0 Å². The van der Waals surface area contributed by atoms with E-state index < -0.39 is 0 Å². The van der Waals surface area contributed by atoms with Crippen LogP contribution >= 0.6 is 0 Å². The summed E-state index contributed by atoms with van der Waals surface area (Å²) in [7, 11) is 0. The molecule has 2 rings (SSSR count). The highest BCUT2D eigenvalue weighted by Crippen LogP contribution is 2.19. The number of hydrogen-bond donors (Lipinski definition) is 1. The zero-order valence-corrected chi connectivity index (χ0v) is 8.88. The van der Waals surface area contributed by atoms with E-state index >= 15 is 0 Å². The number of benzene rings is 1. The van der Waals surface area contributed by atoms with Gasteiger partial charge in [0.2, 0.25) is 0 Å². The molecule has 0 saturated heterocycles. The molecule has 0 fully saturated rings. The Morgan fingerprint density at radius 2 is 2.19 bits per heavy atom. The fourth-order valence-electron chi connectivity index (χ4n) is 1.76. The summed E-state index contributed by atoms with van der Waals surface area (Å²) in [4.78, 5) is 3.95. The minimum Gasteiger partial charge on any atom is -0.337 e. The van der Waals surface area contributed by atoms with E-state index in [0.717, 1.165) is 0 Å². The van der Waals surface area contributed by atoms with Gasteiger partial charge in [0.15, 0.2) is 0 Å². The molecule has 1 atom stereocenters. The van der Waals surface area contributed by atoms with Crippen molar-refractivity contribution in [2.75, 3.05) is 6.54 Å². The van der Waals surface area contributed by atoms with Crippen molar-refractivity contribution >= 4 is 0 Å². The first kappa shape index (κ1) is 10.8. The van der Waals surface area contributed by atoms with Crippen LogP contribution in [0.3, 0.4) is 0 Å². The topological polar surface area (TPSA) is 43.8 Å². The van der Waals surface area contributed by atoms with Crippen molar-refractivity contribution in [3.8, 4) is 0 Å². The van der Waals surface area contributed by atoms with E-state index in [2.05, 4.69) is 4.98 Å². The molecule has 0 bridgehead atoms. The summed E-state index contributed by atoms with van der Waals surface area (Å²) in [6.07, 6.45) is 5.27. The Balaban J connectivity index is 2.20.